The van der Waals surface area contributed by atoms with E-state index in [-0.39, 0.29) is 5.56 Å². The molecular weight excluding hydrogens is 576 g/mol. The third kappa shape index (κ3) is 5.75. The molecule has 0 saturated carbocycles. The van der Waals surface area contributed by atoms with Crippen molar-refractivity contribution in [2.24, 2.45) is 10.2 Å². The molecule has 220 valence electrons. The molecule has 0 fully saturated rings. The standard InChI is InChI=1S/C30H24N8OS.C2H4O2/c1-16-7-12-22-24(13-16)40-29(34-22)19-8-10-21(11-9-19)35-36-27-18(3)37-38-28(27)33-23-6-4-5-20(26(23)30(38)39)14-25-31-15-17(2)32-25;1-2(3)4/h4-13,15,37H,14H2,1-3H3,(H,31,32);1H3,(H,3,4). The Bertz CT molecular complexity index is 2250. The van der Waals surface area contributed by atoms with Crippen molar-refractivity contribution < 1.29 is 9.90 Å². The highest BCUT2D eigenvalue weighted by Crippen LogP contribution is 2.32. The van der Waals surface area contributed by atoms with Crippen LogP contribution in [-0.2, 0) is 11.2 Å². The van der Waals surface area contributed by atoms with Gasteiger partial charge in [0.05, 0.1) is 32.5 Å². The van der Waals surface area contributed by atoms with E-state index in [0.29, 0.717) is 40.0 Å². The summed E-state index contributed by atoms with van der Waals surface area (Å²) in [6.45, 7) is 6.98. The fourth-order valence-electron chi connectivity index (χ4n) is 4.89. The van der Waals surface area contributed by atoms with E-state index in [1.54, 1.807) is 17.5 Å². The number of azo groups is 1. The zero-order valence-corrected chi connectivity index (χ0v) is 25.2. The van der Waals surface area contributed by atoms with Crippen LogP contribution in [0.1, 0.15) is 35.3 Å². The number of fused-ring (bicyclic) bond motifs is 3. The Kier molecular flexibility index (Phi) is 7.58. The lowest BCUT2D eigenvalue weighted by Crippen LogP contribution is -2.17. The van der Waals surface area contributed by atoms with Crippen LogP contribution in [0, 0.1) is 20.8 Å². The molecule has 7 aromatic rings. The zero-order chi connectivity index (χ0) is 31.0. The molecular formula is C32H28N8O3S. The molecule has 0 amide bonds. The third-order valence-corrected chi connectivity index (χ3v) is 7.93. The molecule has 3 aromatic carbocycles. The number of carboxylic acids is 1. The van der Waals surface area contributed by atoms with Gasteiger partial charge in [-0.1, -0.05) is 18.2 Å². The fourth-order valence-corrected chi connectivity index (χ4v) is 5.96. The van der Waals surface area contributed by atoms with Gasteiger partial charge in [-0.25, -0.2) is 15.0 Å². The van der Waals surface area contributed by atoms with Crippen LogP contribution in [0.3, 0.4) is 0 Å². The number of nitrogens with one attached hydrogen (secondary N) is 2. The van der Waals surface area contributed by atoms with Crippen molar-refractivity contribution in [3.63, 3.8) is 0 Å². The number of carboxylic acid groups (broad SMARTS) is 1. The van der Waals surface area contributed by atoms with Crippen LogP contribution in [0.2, 0.25) is 0 Å². The van der Waals surface area contributed by atoms with Gasteiger partial charge in [0.2, 0.25) is 0 Å². The number of hydrogen-bond donors (Lipinski definition) is 3. The molecule has 0 bridgehead atoms. The number of aliphatic carboxylic acids is 1. The van der Waals surface area contributed by atoms with E-state index in [9.17, 15) is 4.79 Å². The first-order chi connectivity index (χ1) is 21.2. The number of aryl methyl sites for hydroxylation is 3. The third-order valence-electron chi connectivity index (χ3n) is 6.87. The molecule has 12 heteroatoms. The average molecular weight is 605 g/mol. The van der Waals surface area contributed by atoms with E-state index >= 15 is 0 Å². The van der Waals surface area contributed by atoms with Crippen LogP contribution >= 0.6 is 11.3 Å². The number of carbonyl (C=O) groups is 1. The Balaban J connectivity index is 0.000000810. The van der Waals surface area contributed by atoms with Crippen LogP contribution in [0.25, 0.3) is 37.3 Å². The first-order valence-electron chi connectivity index (χ1n) is 13.8. The van der Waals surface area contributed by atoms with Crippen LogP contribution in [0.5, 0.6) is 0 Å². The van der Waals surface area contributed by atoms with E-state index in [1.165, 1.54) is 14.8 Å². The molecule has 0 spiro atoms. The van der Waals surface area contributed by atoms with Crippen molar-refractivity contribution in [1.29, 1.82) is 0 Å². The van der Waals surface area contributed by atoms with Gasteiger partial charge in [-0.05, 0) is 74.4 Å². The molecule has 0 aliphatic carbocycles. The summed E-state index contributed by atoms with van der Waals surface area (Å²) >= 11 is 1.67. The van der Waals surface area contributed by atoms with E-state index in [4.69, 9.17) is 19.9 Å². The van der Waals surface area contributed by atoms with Gasteiger partial charge in [0.15, 0.2) is 11.3 Å². The minimum atomic E-state index is -0.833. The molecule has 0 atom stereocenters. The number of thiazole rings is 1. The van der Waals surface area contributed by atoms with Gasteiger partial charge in [0.1, 0.15) is 10.8 Å². The predicted octanol–water partition coefficient (Wildman–Crippen LogP) is 7.20. The highest BCUT2D eigenvalue weighted by atomic mass is 32.1. The Hall–Kier alpha value is -5.49. The monoisotopic (exact) mass is 604 g/mol. The van der Waals surface area contributed by atoms with E-state index in [0.717, 1.165) is 40.1 Å². The SMILES string of the molecule is CC(=O)O.Cc1ccc2nc(-c3ccc(N=Nc4c(C)[nH]n5c(=O)c6c(Cc7ncc(C)[nH]7)cccc6nc45)cc3)sc2c1. The number of hydrogen-bond acceptors (Lipinski definition) is 8. The van der Waals surface area contributed by atoms with Gasteiger partial charge in [-0.15, -0.1) is 16.5 Å². The molecule has 4 aromatic heterocycles. The molecule has 0 aliphatic rings. The molecule has 4 heterocycles. The number of nitrogens with zero attached hydrogens (tertiary/aromatic N) is 6. The molecule has 7 rings (SSSR count). The van der Waals surface area contributed by atoms with Crippen LogP contribution in [-0.4, -0.2) is 40.6 Å². The first kappa shape index (κ1) is 28.6. The van der Waals surface area contributed by atoms with E-state index in [2.05, 4.69) is 50.4 Å². The van der Waals surface area contributed by atoms with Gasteiger partial charge >= 0.3 is 0 Å². The molecule has 0 aliphatic heterocycles. The van der Waals surface area contributed by atoms with Gasteiger partial charge in [-0.2, -0.15) is 9.63 Å². The summed E-state index contributed by atoms with van der Waals surface area (Å²) in [5, 5.41) is 21.0. The Morgan fingerprint density at radius 2 is 1.77 bits per heavy atom. The first-order valence-corrected chi connectivity index (χ1v) is 14.6. The van der Waals surface area contributed by atoms with Crippen molar-refractivity contribution in [3.05, 3.63) is 106 Å². The van der Waals surface area contributed by atoms with Gasteiger partial charge in [-0.3, -0.25) is 14.7 Å². The lowest BCUT2D eigenvalue weighted by Gasteiger charge is -2.05. The number of H-pyrrole nitrogens is 2. The topological polar surface area (TPSA) is 154 Å². The highest BCUT2D eigenvalue weighted by Gasteiger charge is 2.17. The lowest BCUT2D eigenvalue weighted by molar-refractivity contribution is -0.134. The summed E-state index contributed by atoms with van der Waals surface area (Å²) in [5.41, 5.74) is 7.87. The molecule has 0 saturated heterocycles. The summed E-state index contributed by atoms with van der Waals surface area (Å²) in [7, 11) is 0. The van der Waals surface area contributed by atoms with Gasteiger partial charge < -0.3 is 10.1 Å². The molecule has 0 radical (unpaired) electrons. The average Bonchev–Trinajstić information content (AvgIpc) is 3.68. The maximum Gasteiger partial charge on any atom is 0.300 e. The highest BCUT2D eigenvalue weighted by molar-refractivity contribution is 7.21. The van der Waals surface area contributed by atoms with E-state index < -0.39 is 5.97 Å². The summed E-state index contributed by atoms with van der Waals surface area (Å²) < 4.78 is 2.62. The Morgan fingerprint density at radius 3 is 2.50 bits per heavy atom. The second-order valence-corrected chi connectivity index (χ2v) is 11.4. The van der Waals surface area contributed by atoms with Gasteiger partial charge in [0.25, 0.3) is 11.5 Å². The number of aromatic nitrogens is 6. The minimum Gasteiger partial charge on any atom is -0.481 e. The smallest absolute Gasteiger partial charge is 0.300 e. The summed E-state index contributed by atoms with van der Waals surface area (Å²) in [6, 6.07) is 19.8. The normalized spacial score (nSPS) is 11.5. The lowest BCUT2D eigenvalue weighted by atomic mass is 10.1. The maximum absolute atomic E-state index is 13.6. The Morgan fingerprint density at radius 1 is 1.00 bits per heavy atom. The molecule has 44 heavy (non-hydrogen) atoms. The summed E-state index contributed by atoms with van der Waals surface area (Å²) in [5.74, 6) is -0.0316. The van der Waals surface area contributed by atoms with Crippen molar-refractivity contribution in [2.75, 3.05) is 0 Å². The fraction of sp³-hybridized carbons (Fsp3) is 0.156. The van der Waals surface area contributed by atoms with E-state index in [1.807, 2.05) is 56.3 Å². The second kappa shape index (κ2) is 11.7. The van der Waals surface area contributed by atoms with Crippen molar-refractivity contribution in [2.45, 2.75) is 34.1 Å². The number of rotatable bonds is 5. The van der Waals surface area contributed by atoms with Crippen LogP contribution < -0.4 is 5.56 Å². The van der Waals surface area contributed by atoms with Crippen molar-refractivity contribution in [3.8, 4) is 10.6 Å². The number of aromatic amines is 2. The maximum atomic E-state index is 13.6. The summed E-state index contributed by atoms with van der Waals surface area (Å²) in [4.78, 5) is 39.8. The second-order valence-electron chi connectivity index (χ2n) is 10.4. The summed E-state index contributed by atoms with van der Waals surface area (Å²) in [6.07, 6.45) is 2.29. The van der Waals surface area contributed by atoms with Crippen molar-refractivity contribution in [1.82, 2.24) is 29.5 Å². The van der Waals surface area contributed by atoms with Crippen LogP contribution in [0.15, 0.2) is 81.9 Å². The largest absolute Gasteiger partial charge is 0.481 e. The zero-order valence-electron chi connectivity index (χ0n) is 24.4. The number of imidazole rings is 1. The predicted molar refractivity (Wildman–Crippen MR) is 171 cm³/mol. The van der Waals surface area contributed by atoms with Crippen molar-refractivity contribution >= 4 is 55.4 Å². The molecule has 3 N–H and O–H groups in total. The number of benzene rings is 3. The quantitative estimate of drug-likeness (QED) is 0.177. The Labute approximate surface area is 255 Å². The molecule has 11 nitrogen and oxygen atoms in total. The van der Waals surface area contributed by atoms with Gasteiger partial charge in [0, 0.05) is 30.8 Å². The van der Waals surface area contributed by atoms with Crippen LogP contribution in [0.4, 0.5) is 11.4 Å². The minimum absolute atomic E-state index is 0.182. The molecule has 0 unspecified atom stereocenters.